The molecule has 0 radical (unpaired) electrons. The van der Waals surface area contributed by atoms with Crippen molar-refractivity contribution in [3.05, 3.63) is 34.9 Å². The van der Waals surface area contributed by atoms with E-state index < -0.39 is 0 Å². The monoisotopic (exact) mass is 258 g/mol. The van der Waals surface area contributed by atoms with Crippen LogP contribution in [0.25, 0.3) is 0 Å². The maximum absolute atomic E-state index is 12.6. The van der Waals surface area contributed by atoms with E-state index in [2.05, 4.69) is 19.9 Å². The van der Waals surface area contributed by atoms with Crippen LogP contribution < -0.4 is 0 Å². The molecule has 102 valence electrons. The van der Waals surface area contributed by atoms with Crippen LogP contribution in [-0.4, -0.2) is 23.9 Å². The van der Waals surface area contributed by atoms with Crippen molar-refractivity contribution < 1.29 is 4.79 Å². The summed E-state index contributed by atoms with van der Waals surface area (Å²) in [5.74, 6) is 0.437. The zero-order valence-corrected chi connectivity index (χ0v) is 12.2. The molecule has 0 atom stereocenters. The molecule has 0 aliphatic rings. The molecular weight excluding hydrogens is 236 g/mol. The van der Waals surface area contributed by atoms with E-state index in [1.165, 1.54) is 0 Å². The van der Waals surface area contributed by atoms with Gasteiger partial charge in [-0.15, -0.1) is 0 Å². The normalized spacial score (nSPS) is 10.3. The van der Waals surface area contributed by atoms with Gasteiger partial charge in [0.2, 0.25) is 0 Å². The minimum atomic E-state index is 0.0413. The third-order valence-electron chi connectivity index (χ3n) is 3.06. The Labute approximate surface area is 115 Å². The number of carbonyl (C=O) groups is 1. The molecule has 3 heteroatoms. The van der Waals surface area contributed by atoms with Crippen molar-refractivity contribution in [1.82, 2.24) is 4.90 Å². The summed E-state index contributed by atoms with van der Waals surface area (Å²) < 4.78 is 0. The number of hydrogen-bond acceptors (Lipinski definition) is 2. The summed E-state index contributed by atoms with van der Waals surface area (Å²) in [5.41, 5.74) is 2.77. The maximum atomic E-state index is 12.6. The number of benzene rings is 1. The Kier molecular flexibility index (Phi) is 5.57. The predicted molar refractivity (Wildman–Crippen MR) is 76.9 cm³/mol. The van der Waals surface area contributed by atoms with Gasteiger partial charge in [-0.25, -0.2) is 0 Å². The van der Waals surface area contributed by atoms with Gasteiger partial charge in [-0.05, 0) is 30.9 Å². The van der Waals surface area contributed by atoms with Crippen LogP contribution in [-0.2, 0) is 0 Å². The molecule has 19 heavy (non-hydrogen) atoms. The first kappa shape index (κ1) is 15.2. The van der Waals surface area contributed by atoms with Gasteiger partial charge >= 0.3 is 0 Å². The summed E-state index contributed by atoms with van der Waals surface area (Å²) in [6.07, 6.45) is 0.378. The van der Waals surface area contributed by atoms with Crippen LogP contribution in [0, 0.1) is 31.1 Å². The van der Waals surface area contributed by atoms with Gasteiger partial charge in [0, 0.05) is 18.7 Å². The highest BCUT2D eigenvalue weighted by Gasteiger charge is 2.19. The number of carbonyl (C=O) groups excluding carboxylic acids is 1. The van der Waals surface area contributed by atoms with Gasteiger partial charge < -0.3 is 4.90 Å². The largest absolute Gasteiger partial charge is 0.337 e. The minimum Gasteiger partial charge on any atom is -0.337 e. The number of nitriles is 1. The van der Waals surface area contributed by atoms with Gasteiger partial charge in [-0.3, -0.25) is 4.79 Å². The Balaban J connectivity index is 3.01. The van der Waals surface area contributed by atoms with E-state index in [0.29, 0.717) is 25.4 Å². The zero-order chi connectivity index (χ0) is 14.4. The van der Waals surface area contributed by atoms with Gasteiger partial charge in [0.15, 0.2) is 0 Å². The number of amides is 1. The first-order chi connectivity index (χ1) is 8.97. The van der Waals surface area contributed by atoms with E-state index in [1.807, 2.05) is 32.0 Å². The fourth-order valence-corrected chi connectivity index (χ4v) is 2.21. The summed E-state index contributed by atoms with van der Waals surface area (Å²) in [4.78, 5) is 14.4. The summed E-state index contributed by atoms with van der Waals surface area (Å²) in [6.45, 7) is 9.26. The standard InChI is InChI=1S/C16H22N2O/c1-12(2)11-18(10-6-9-17)16(19)15-13(3)7-5-8-14(15)4/h5,7-8,12H,6,10-11H2,1-4H3. The van der Waals surface area contributed by atoms with Crippen LogP contribution in [0.5, 0.6) is 0 Å². The second kappa shape index (κ2) is 6.94. The number of rotatable bonds is 5. The average Bonchev–Trinajstić information content (AvgIpc) is 2.33. The van der Waals surface area contributed by atoms with Crippen LogP contribution in [0.15, 0.2) is 18.2 Å². The Morgan fingerprint density at radius 3 is 2.37 bits per heavy atom. The summed E-state index contributed by atoms with van der Waals surface area (Å²) >= 11 is 0. The van der Waals surface area contributed by atoms with Gasteiger partial charge in [0.05, 0.1) is 12.5 Å². The number of aryl methyl sites for hydroxylation is 2. The highest BCUT2D eigenvalue weighted by Crippen LogP contribution is 2.17. The van der Waals surface area contributed by atoms with E-state index in [-0.39, 0.29) is 5.91 Å². The molecule has 0 aliphatic carbocycles. The molecular formula is C16H22N2O. The number of hydrogen-bond donors (Lipinski definition) is 0. The second-order valence-electron chi connectivity index (χ2n) is 5.32. The summed E-state index contributed by atoms with van der Waals surface area (Å²) in [6, 6.07) is 7.99. The van der Waals surface area contributed by atoms with Crippen molar-refractivity contribution in [2.75, 3.05) is 13.1 Å². The lowest BCUT2D eigenvalue weighted by Gasteiger charge is -2.25. The third-order valence-corrected chi connectivity index (χ3v) is 3.06. The van der Waals surface area contributed by atoms with E-state index in [9.17, 15) is 4.79 Å². The molecule has 1 rings (SSSR count). The van der Waals surface area contributed by atoms with Crippen molar-refractivity contribution >= 4 is 5.91 Å². The molecule has 1 aromatic rings. The van der Waals surface area contributed by atoms with Crippen molar-refractivity contribution in [2.24, 2.45) is 5.92 Å². The van der Waals surface area contributed by atoms with E-state index >= 15 is 0 Å². The van der Waals surface area contributed by atoms with Crippen LogP contribution in [0.1, 0.15) is 41.8 Å². The molecule has 1 aromatic carbocycles. The molecule has 1 amide bonds. The van der Waals surface area contributed by atoms with Crippen molar-refractivity contribution in [2.45, 2.75) is 34.1 Å². The van der Waals surface area contributed by atoms with Gasteiger partial charge in [-0.1, -0.05) is 32.0 Å². The SMILES string of the molecule is Cc1cccc(C)c1C(=O)N(CCC#N)CC(C)C. The summed E-state index contributed by atoms with van der Waals surface area (Å²) in [5, 5.41) is 8.72. The second-order valence-corrected chi connectivity index (χ2v) is 5.32. The molecule has 0 saturated heterocycles. The van der Waals surface area contributed by atoms with Crippen LogP contribution in [0.4, 0.5) is 0 Å². The predicted octanol–water partition coefficient (Wildman–Crippen LogP) is 3.32. The molecule has 0 bridgehead atoms. The van der Waals surface area contributed by atoms with Crippen molar-refractivity contribution in [3.63, 3.8) is 0 Å². The lowest BCUT2D eigenvalue weighted by molar-refractivity contribution is 0.0738. The molecule has 0 saturated carbocycles. The number of nitrogens with zero attached hydrogens (tertiary/aromatic N) is 2. The van der Waals surface area contributed by atoms with Gasteiger partial charge in [0.25, 0.3) is 5.91 Å². The molecule has 0 aromatic heterocycles. The highest BCUT2D eigenvalue weighted by molar-refractivity contribution is 5.97. The molecule has 0 aliphatic heterocycles. The molecule has 0 heterocycles. The minimum absolute atomic E-state index is 0.0413. The smallest absolute Gasteiger partial charge is 0.254 e. The quantitative estimate of drug-likeness (QED) is 0.813. The Hall–Kier alpha value is -1.82. The van der Waals surface area contributed by atoms with Gasteiger partial charge in [0.1, 0.15) is 0 Å². The topological polar surface area (TPSA) is 44.1 Å². The first-order valence-corrected chi connectivity index (χ1v) is 6.69. The highest BCUT2D eigenvalue weighted by atomic mass is 16.2. The van der Waals surface area contributed by atoms with Crippen LogP contribution >= 0.6 is 0 Å². The maximum Gasteiger partial charge on any atom is 0.254 e. The Bertz CT molecular complexity index is 466. The molecule has 0 fully saturated rings. The zero-order valence-electron chi connectivity index (χ0n) is 12.2. The molecule has 0 spiro atoms. The average molecular weight is 258 g/mol. The molecule has 0 unspecified atom stereocenters. The molecule has 0 N–H and O–H groups in total. The Morgan fingerprint density at radius 2 is 1.89 bits per heavy atom. The van der Waals surface area contributed by atoms with E-state index in [0.717, 1.165) is 16.7 Å². The lowest BCUT2D eigenvalue weighted by Crippen LogP contribution is -2.35. The summed E-state index contributed by atoms with van der Waals surface area (Å²) in [7, 11) is 0. The van der Waals surface area contributed by atoms with Crippen LogP contribution in [0.2, 0.25) is 0 Å². The first-order valence-electron chi connectivity index (χ1n) is 6.69. The molecule has 3 nitrogen and oxygen atoms in total. The van der Waals surface area contributed by atoms with Crippen LogP contribution in [0.3, 0.4) is 0 Å². The fourth-order valence-electron chi connectivity index (χ4n) is 2.21. The lowest BCUT2D eigenvalue weighted by atomic mass is 10.0. The van der Waals surface area contributed by atoms with Crippen molar-refractivity contribution in [1.29, 1.82) is 5.26 Å². The third kappa shape index (κ3) is 4.10. The van der Waals surface area contributed by atoms with Crippen molar-refractivity contribution in [3.8, 4) is 6.07 Å². The van der Waals surface area contributed by atoms with E-state index in [1.54, 1.807) is 4.90 Å². The van der Waals surface area contributed by atoms with E-state index in [4.69, 9.17) is 5.26 Å². The fraction of sp³-hybridized carbons (Fsp3) is 0.500. The van der Waals surface area contributed by atoms with Gasteiger partial charge in [-0.2, -0.15) is 5.26 Å². The Morgan fingerprint density at radius 1 is 1.32 bits per heavy atom.